The lowest BCUT2D eigenvalue weighted by atomic mass is 9.82. The predicted octanol–water partition coefficient (Wildman–Crippen LogP) is 13.2. The van der Waals surface area contributed by atoms with Gasteiger partial charge in [0.15, 0.2) is 0 Å². The van der Waals surface area contributed by atoms with E-state index in [1.54, 1.807) is 0 Å². The molecule has 0 amide bonds. The number of benzene rings is 8. The van der Waals surface area contributed by atoms with Crippen molar-refractivity contribution in [2.45, 2.75) is 18.4 Å². The molecule has 3 heteroatoms. The molecule has 3 aliphatic rings. The lowest BCUT2D eigenvalue weighted by Gasteiger charge is -2.27. The van der Waals surface area contributed by atoms with Crippen LogP contribution in [-0.4, -0.2) is 14.7 Å². The summed E-state index contributed by atoms with van der Waals surface area (Å²) in [6.07, 6.45) is 8.82. The minimum absolute atomic E-state index is 0.150. The van der Waals surface area contributed by atoms with E-state index in [0.29, 0.717) is 0 Å². The molecule has 0 fully saturated rings. The van der Waals surface area contributed by atoms with E-state index in [0.717, 1.165) is 11.3 Å². The quantitative estimate of drug-likeness (QED) is 0.177. The molecular formula is C51H32N2O. The molecule has 0 spiro atoms. The summed E-state index contributed by atoms with van der Waals surface area (Å²) in [6.45, 7) is 2.22. The molecule has 8 aromatic carbocycles. The highest BCUT2D eigenvalue weighted by Gasteiger charge is 2.44. The standard InChI is InChI=1S/C51H32N2O/c1-51-27-9-8-20-40(51)37-23-24-45-49(50(37)54-51)48-44(53(45)41-22-11-13-30-12-2-3-15-33(30)41)26-25-43-47(48)38-18-6-7-21-42(38)52(43)32-28-31-14-10-19-36-34-16-4-5-17-35(34)39(29-32)46(31)36/h2-29,40H,1H3. The fourth-order valence-corrected chi connectivity index (χ4v) is 10.3. The zero-order chi connectivity index (χ0) is 35.3. The number of hydrogen-bond acceptors (Lipinski definition) is 1. The van der Waals surface area contributed by atoms with E-state index < -0.39 is 5.60 Å². The van der Waals surface area contributed by atoms with Gasteiger partial charge in [-0.2, -0.15) is 0 Å². The van der Waals surface area contributed by atoms with Crippen molar-refractivity contribution in [1.29, 1.82) is 0 Å². The lowest BCUT2D eigenvalue weighted by Crippen LogP contribution is -2.32. The van der Waals surface area contributed by atoms with Crippen LogP contribution in [-0.2, 0) is 0 Å². The Morgan fingerprint density at radius 3 is 2.09 bits per heavy atom. The van der Waals surface area contributed by atoms with Crippen LogP contribution in [0.15, 0.2) is 170 Å². The van der Waals surface area contributed by atoms with E-state index in [2.05, 4.69) is 186 Å². The second-order valence-electron chi connectivity index (χ2n) is 15.4. The van der Waals surface area contributed by atoms with Gasteiger partial charge in [-0.1, -0.05) is 121 Å². The first-order valence-electron chi connectivity index (χ1n) is 18.9. The Morgan fingerprint density at radius 1 is 0.500 bits per heavy atom. The van der Waals surface area contributed by atoms with Gasteiger partial charge in [-0.3, -0.25) is 0 Å². The molecule has 54 heavy (non-hydrogen) atoms. The summed E-state index contributed by atoms with van der Waals surface area (Å²) >= 11 is 0. The number of hydrogen-bond donors (Lipinski definition) is 0. The van der Waals surface area contributed by atoms with Gasteiger partial charge >= 0.3 is 0 Å². The van der Waals surface area contributed by atoms with Gasteiger partial charge in [0, 0.05) is 38.7 Å². The van der Waals surface area contributed by atoms with Crippen LogP contribution in [0.5, 0.6) is 5.75 Å². The Hall–Kier alpha value is -6.84. The van der Waals surface area contributed by atoms with Crippen LogP contribution in [0.25, 0.3) is 98.8 Å². The third kappa shape index (κ3) is 3.48. The highest BCUT2D eigenvalue weighted by atomic mass is 16.5. The number of aromatic nitrogens is 2. The van der Waals surface area contributed by atoms with Gasteiger partial charge < -0.3 is 13.9 Å². The van der Waals surface area contributed by atoms with Gasteiger partial charge in [0.25, 0.3) is 0 Å². The normalized spacial score (nSPS) is 18.0. The highest BCUT2D eigenvalue weighted by molar-refractivity contribution is 6.30. The van der Waals surface area contributed by atoms with Crippen molar-refractivity contribution >= 4 is 65.2 Å². The van der Waals surface area contributed by atoms with Crippen LogP contribution >= 0.6 is 0 Å². The Labute approximate surface area is 311 Å². The van der Waals surface area contributed by atoms with Crippen LogP contribution in [0.4, 0.5) is 0 Å². The fourth-order valence-electron chi connectivity index (χ4n) is 10.3. The van der Waals surface area contributed by atoms with Gasteiger partial charge in [-0.05, 0) is 93.9 Å². The Kier molecular flexibility index (Phi) is 5.30. The molecule has 0 radical (unpaired) electrons. The van der Waals surface area contributed by atoms with Gasteiger partial charge in [0.1, 0.15) is 11.4 Å². The molecule has 3 nitrogen and oxygen atoms in total. The molecule has 252 valence electrons. The second-order valence-corrected chi connectivity index (χ2v) is 15.4. The number of fused-ring (bicyclic) bond motifs is 15. The maximum Gasteiger partial charge on any atom is 0.135 e. The first-order chi connectivity index (χ1) is 26.7. The average molecular weight is 689 g/mol. The van der Waals surface area contributed by atoms with Crippen LogP contribution in [0, 0.1) is 0 Å². The van der Waals surface area contributed by atoms with Crippen molar-refractivity contribution < 1.29 is 4.74 Å². The summed E-state index contributed by atoms with van der Waals surface area (Å²) in [5, 5.41) is 9.95. The molecule has 2 unspecified atom stereocenters. The zero-order valence-electron chi connectivity index (χ0n) is 29.5. The molecule has 0 saturated heterocycles. The zero-order valence-corrected chi connectivity index (χ0v) is 29.5. The number of allylic oxidation sites excluding steroid dienone is 2. The van der Waals surface area contributed by atoms with Gasteiger partial charge in [0.05, 0.1) is 33.1 Å². The summed E-state index contributed by atoms with van der Waals surface area (Å²) in [7, 11) is 0. The molecule has 2 atom stereocenters. The third-order valence-corrected chi connectivity index (χ3v) is 12.6. The number of ether oxygens (including phenoxy) is 1. The number of rotatable bonds is 2. The highest BCUT2D eigenvalue weighted by Crippen LogP contribution is 2.55. The van der Waals surface area contributed by atoms with E-state index in [1.807, 2.05) is 0 Å². The summed E-state index contributed by atoms with van der Waals surface area (Å²) in [5.74, 6) is 1.14. The second kappa shape index (κ2) is 9.97. The molecule has 0 bridgehead atoms. The van der Waals surface area contributed by atoms with Gasteiger partial charge in [0.2, 0.25) is 0 Å². The maximum absolute atomic E-state index is 7.17. The molecule has 10 aromatic rings. The van der Waals surface area contributed by atoms with Crippen molar-refractivity contribution in [1.82, 2.24) is 9.13 Å². The van der Waals surface area contributed by atoms with Crippen molar-refractivity contribution in [3.63, 3.8) is 0 Å². The Morgan fingerprint density at radius 2 is 1.19 bits per heavy atom. The monoisotopic (exact) mass is 688 g/mol. The average Bonchev–Trinajstić information content (AvgIpc) is 3.93. The molecule has 13 rings (SSSR count). The van der Waals surface area contributed by atoms with Crippen LogP contribution in [0.1, 0.15) is 18.4 Å². The minimum Gasteiger partial charge on any atom is -0.481 e. The molecule has 0 N–H and O–H groups in total. The summed E-state index contributed by atoms with van der Waals surface area (Å²) in [4.78, 5) is 0. The van der Waals surface area contributed by atoms with Crippen molar-refractivity contribution in [3.05, 3.63) is 175 Å². The first-order valence-corrected chi connectivity index (χ1v) is 18.9. The minimum atomic E-state index is -0.440. The molecule has 2 aliphatic carbocycles. The van der Waals surface area contributed by atoms with Crippen molar-refractivity contribution in [2.75, 3.05) is 0 Å². The summed E-state index contributed by atoms with van der Waals surface area (Å²) < 4.78 is 12.1. The van der Waals surface area contributed by atoms with Crippen LogP contribution in [0.3, 0.4) is 0 Å². The number of para-hydroxylation sites is 1. The van der Waals surface area contributed by atoms with Crippen molar-refractivity contribution in [2.24, 2.45) is 0 Å². The summed E-state index contributed by atoms with van der Waals surface area (Å²) in [5.41, 5.74) is 13.1. The smallest absolute Gasteiger partial charge is 0.135 e. The number of nitrogens with zero attached hydrogens (tertiary/aromatic N) is 2. The summed E-state index contributed by atoms with van der Waals surface area (Å²) in [6, 6.07) is 54.0. The van der Waals surface area contributed by atoms with E-state index in [-0.39, 0.29) is 5.92 Å². The molecule has 1 aliphatic heterocycles. The van der Waals surface area contributed by atoms with Crippen LogP contribution in [0.2, 0.25) is 0 Å². The van der Waals surface area contributed by atoms with E-state index >= 15 is 0 Å². The van der Waals surface area contributed by atoms with Crippen LogP contribution < -0.4 is 4.74 Å². The third-order valence-electron chi connectivity index (χ3n) is 12.6. The lowest BCUT2D eigenvalue weighted by molar-refractivity contribution is 0.157. The first kappa shape index (κ1) is 28.7. The predicted molar refractivity (Wildman–Crippen MR) is 225 cm³/mol. The molecular weight excluding hydrogens is 657 g/mol. The van der Waals surface area contributed by atoms with E-state index in [4.69, 9.17) is 4.74 Å². The van der Waals surface area contributed by atoms with E-state index in [1.165, 1.54) is 98.8 Å². The Bertz CT molecular complexity index is 3390. The van der Waals surface area contributed by atoms with Crippen molar-refractivity contribution in [3.8, 4) is 39.4 Å². The van der Waals surface area contributed by atoms with Gasteiger partial charge in [-0.25, -0.2) is 0 Å². The SMILES string of the molecule is CC12C=CC=CC1c1ccc3c(c1O2)c1c2c4ccccc4n(-c4cc5c6c(cccc6c4)-c4ccccc4-5)c2ccc1n3-c1cccc2ccccc12. The van der Waals surface area contributed by atoms with E-state index in [9.17, 15) is 0 Å². The fraction of sp³-hybridized carbons (Fsp3) is 0.0588. The topological polar surface area (TPSA) is 19.1 Å². The molecule has 3 heterocycles. The Balaban J connectivity index is 1.20. The molecule has 0 saturated carbocycles. The van der Waals surface area contributed by atoms with Gasteiger partial charge in [-0.15, -0.1) is 0 Å². The maximum atomic E-state index is 7.17. The molecule has 2 aromatic heterocycles. The largest absolute Gasteiger partial charge is 0.481 e.